The third-order valence-electron chi connectivity index (χ3n) is 4.97. The average Bonchev–Trinajstić information content (AvgIpc) is 3.58. The quantitative estimate of drug-likeness (QED) is 0.305. The number of thiophene rings is 2. The minimum absolute atomic E-state index is 0.243. The van der Waals surface area contributed by atoms with Gasteiger partial charge in [0.25, 0.3) is 5.91 Å². The van der Waals surface area contributed by atoms with Crippen molar-refractivity contribution < 1.29 is 4.79 Å². The molecule has 6 nitrogen and oxygen atoms in total. The van der Waals surface area contributed by atoms with Crippen molar-refractivity contribution in [1.82, 2.24) is 14.8 Å². The standard InChI is InChI=1S/C24H17ClN4O2S2/c25-21-7-6-18(33-21)13-26-22-12-20(28-29(22)24(31)16-8-9-32-14-16)17-10-19(27-23(30)11-17)15-4-2-1-3-5-15/h1-12,14,26H,13H2,(H,27,30). The van der Waals surface area contributed by atoms with Gasteiger partial charge in [-0.2, -0.15) is 21.1 Å². The molecule has 0 aliphatic heterocycles. The molecule has 0 aliphatic rings. The van der Waals surface area contributed by atoms with E-state index in [1.54, 1.807) is 17.5 Å². The lowest BCUT2D eigenvalue weighted by Crippen LogP contribution is -2.16. The van der Waals surface area contributed by atoms with Gasteiger partial charge >= 0.3 is 0 Å². The molecule has 9 heteroatoms. The highest BCUT2D eigenvalue weighted by atomic mass is 35.5. The Hall–Kier alpha value is -3.46. The van der Waals surface area contributed by atoms with Gasteiger partial charge in [-0.05, 0) is 35.2 Å². The van der Waals surface area contributed by atoms with Crippen LogP contribution in [0.5, 0.6) is 0 Å². The van der Waals surface area contributed by atoms with E-state index in [1.165, 1.54) is 33.4 Å². The number of hydrogen-bond donors (Lipinski definition) is 2. The van der Waals surface area contributed by atoms with E-state index < -0.39 is 0 Å². The van der Waals surface area contributed by atoms with Gasteiger partial charge in [-0.3, -0.25) is 9.59 Å². The van der Waals surface area contributed by atoms with Crippen LogP contribution in [0.25, 0.3) is 22.5 Å². The fourth-order valence-electron chi connectivity index (χ4n) is 3.40. The highest BCUT2D eigenvalue weighted by Crippen LogP contribution is 2.27. The minimum Gasteiger partial charge on any atom is -0.365 e. The number of H-pyrrole nitrogens is 1. The van der Waals surface area contributed by atoms with Gasteiger partial charge in [0.05, 0.1) is 22.1 Å². The van der Waals surface area contributed by atoms with Crippen molar-refractivity contribution in [2.24, 2.45) is 0 Å². The largest absolute Gasteiger partial charge is 0.365 e. The Kier molecular flexibility index (Phi) is 5.95. The highest BCUT2D eigenvalue weighted by molar-refractivity contribution is 7.16. The normalized spacial score (nSPS) is 10.9. The lowest BCUT2D eigenvalue weighted by atomic mass is 10.1. The number of benzene rings is 1. The SMILES string of the molecule is O=C(c1ccsc1)n1nc(-c2cc(-c3ccccc3)[nH]c(=O)c2)cc1NCc1ccc(Cl)s1. The number of aromatic nitrogens is 3. The Balaban J connectivity index is 1.55. The number of carbonyl (C=O) groups is 1. The molecule has 0 atom stereocenters. The molecule has 164 valence electrons. The van der Waals surface area contributed by atoms with Gasteiger partial charge in [0.15, 0.2) is 0 Å². The number of halogens is 1. The summed E-state index contributed by atoms with van der Waals surface area (Å²) >= 11 is 8.96. The first-order valence-corrected chi connectivity index (χ1v) is 12.2. The monoisotopic (exact) mass is 492 g/mol. The summed E-state index contributed by atoms with van der Waals surface area (Å²) in [6.07, 6.45) is 0. The molecule has 0 radical (unpaired) electrons. The van der Waals surface area contributed by atoms with E-state index in [9.17, 15) is 9.59 Å². The Morgan fingerprint density at radius 1 is 1.06 bits per heavy atom. The molecule has 0 saturated heterocycles. The van der Waals surface area contributed by atoms with Crippen LogP contribution in [0.15, 0.2) is 82.3 Å². The van der Waals surface area contributed by atoms with Crippen molar-refractivity contribution >= 4 is 46.0 Å². The molecule has 2 N–H and O–H groups in total. The summed E-state index contributed by atoms with van der Waals surface area (Å²) in [5.41, 5.74) is 3.02. The van der Waals surface area contributed by atoms with Crippen molar-refractivity contribution in [2.45, 2.75) is 6.54 Å². The molecule has 4 heterocycles. The maximum Gasteiger partial charge on any atom is 0.280 e. The van der Waals surface area contributed by atoms with Gasteiger partial charge in [0.2, 0.25) is 5.56 Å². The van der Waals surface area contributed by atoms with E-state index in [1.807, 2.05) is 53.9 Å². The summed E-state index contributed by atoms with van der Waals surface area (Å²) in [7, 11) is 0. The molecule has 0 saturated carbocycles. The van der Waals surface area contributed by atoms with E-state index in [0.717, 1.165) is 10.4 Å². The maximum atomic E-state index is 13.1. The highest BCUT2D eigenvalue weighted by Gasteiger charge is 2.18. The smallest absolute Gasteiger partial charge is 0.280 e. The summed E-state index contributed by atoms with van der Waals surface area (Å²) in [6, 6.07) is 20.2. The van der Waals surface area contributed by atoms with Gasteiger partial charge in [-0.15, -0.1) is 11.3 Å². The lowest BCUT2D eigenvalue weighted by Gasteiger charge is -2.07. The molecule has 0 amide bonds. The Morgan fingerprint density at radius 2 is 1.91 bits per heavy atom. The number of hydrogen-bond acceptors (Lipinski definition) is 6. The first-order valence-electron chi connectivity index (χ1n) is 10.0. The van der Waals surface area contributed by atoms with Gasteiger partial charge < -0.3 is 10.3 Å². The zero-order chi connectivity index (χ0) is 22.8. The molecule has 0 fully saturated rings. The topological polar surface area (TPSA) is 79.8 Å². The molecular weight excluding hydrogens is 476 g/mol. The average molecular weight is 493 g/mol. The number of nitrogens with one attached hydrogen (secondary N) is 2. The van der Waals surface area contributed by atoms with Gasteiger partial charge in [0, 0.05) is 33.6 Å². The second kappa shape index (κ2) is 9.19. The third-order valence-corrected chi connectivity index (χ3v) is 6.88. The minimum atomic E-state index is -0.248. The molecule has 0 spiro atoms. The van der Waals surface area contributed by atoms with Crippen LogP contribution in [-0.4, -0.2) is 20.7 Å². The Morgan fingerprint density at radius 3 is 2.64 bits per heavy atom. The van der Waals surface area contributed by atoms with Gasteiger partial charge in [-0.1, -0.05) is 41.9 Å². The summed E-state index contributed by atoms with van der Waals surface area (Å²) in [5.74, 6) is 0.287. The summed E-state index contributed by atoms with van der Waals surface area (Å²) in [5, 5.41) is 11.5. The maximum absolute atomic E-state index is 13.1. The number of nitrogens with zero attached hydrogens (tertiary/aromatic N) is 2. The molecule has 33 heavy (non-hydrogen) atoms. The third kappa shape index (κ3) is 4.68. The number of aromatic amines is 1. The summed E-state index contributed by atoms with van der Waals surface area (Å²) < 4.78 is 2.04. The predicted molar refractivity (Wildman–Crippen MR) is 134 cm³/mol. The van der Waals surface area contributed by atoms with Crippen LogP contribution in [0, 0.1) is 0 Å². The molecule has 1 aromatic carbocycles. The number of pyridine rings is 1. The van der Waals surface area contributed by atoms with E-state index >= 15 is 0 Å². The molecule has 0 unspecified atom stereocenters. The Labute approximate surface area is 202 Å². The fraction of sp³-hybridized carbons (Fsp3) is 0.0417. The molecule has 5 aromatic rings. The molecular formula is C24H17ClN4O2S2. The van der Waals surface area contributed by atoms with E-state index in [2.05, 4.69) is 15.4 Å². The van der Waals surface area contributed by atoms with Crippen LogP contribution >= 0.6 is 34.3 Å². The van der Waals surface area contributed by atoms with Crippen molar-refractivity contribution in [1.29, 1.82) is 0 Å². The van der Waals surface area contributed by atoms with Crippen molar-refractivity contribution in [3.8, 4) is 22.5 Å². The Bertz CT molecular complexity index is 1470. The molecule has 5 rings (SSSR count). The zero-order valence-electron chi connectivity index (χ0n) is 17.1. The van der Waals surface area contributed by atoms with Crippen LogP contribution < -0.4 is 10.9 Å². The van der Waals surface area contributed by atoms with Gasteiger partial charge in [-0.25, -0.2) is 0 Å². The zero-order valence-corrected chi connectivity index (χ0v) is 19.5. The van der Waals surface area contributed by atoms with Crippen LogP contribution in [0.3, 0.4) is 0 Å². The van der Waals surface area contributed by atoms with Crippen LogP contribution in [-0.2, 0) is 6.54 Å². The molecule has 0 aliphatic carbocycles. The van der Waals surface area contributed by atoms with Crippen LogP contribution in [0.1, 0.15) is 15.2 Å². The van der Waals surface area contributed by atoms with Gasteiger partial charge in [0.1, 0.15) is 5.82 Å². The van der Waals surface area contributed by atoms with E-state index in [-0.39, 0.29) is 11.5 Å². The number of rotatable bonds is 6. The second-order valence-corrected chi connectivity index (χ2v) is 9.80. The first kappa shape index (κ1) is 21.4. The lowest BCUT2D eigenvalue weighted by molar-refractivity contribution is 0.0948. The fourth-order valence-corrected chi connectivity index (χ4v) is 5.06. The van der Waals surface area contributed by atoms with Crippen LogP contribution in [0.4, 0.5) is 5.82 Å². The van der Waals surface area contributed by atoms with Crippen molar-refractivity contribution in [3.63, 3.8) is 0 Å². The predicted octanol–water partition coefficient (Wildman–Crippen LogP) is 5.98. The number of anilines is 1. The van der Waals surface area contributed by atoms with E-state index in [4.69, 9.17) is 11.6 Å². The van der Waals surface area contributed by atoms with Crippen LogP contribution in [0.2, 0.25) is 4.34 Å². The number of carbonyl (C=O) groups excluding carboxylic acids is 1. The first-order chi connectivity index (χ1) is 16.1. The van der Waals surface area contributed by atoms with Crippen molar-refractivity contribution in [2.75, 3.05) is 5.32 Å². The summed E-state index contributed by atoms with van der Waals surface area (Å²) in [4.78, 5) is 29.4. The van der Waals surface area contributed by atoms with Crippen molar-refractivity contribution in [3.05, 3.63) is 103 Å². The van der Waals surface area contributed by atoms with E-state index in [0.29, 0.717) is 39.2 Å². The molecule has 0 bridgehead atoms. The second-order valence-electron chi connectivity index (χ2n) is 7.22. The molecule has 4 aromatic heterocycles. The summed E-state index contributed by atoms with van der Waals surface area (Å²) in [6.45, 7) is 0.490.